The molecule has 6 nitrogen and oxygen atoms in total. The predicted molar refractivity (Wildman–Crippen MR) is 98.9 cm³/mol. The van der Waals surface area contributed by atoms with E-state index in [0.717, 1.165) is 31.4 Å². The lowest BCUT2D eigenvalue weighted by Gasteiger charge is -2.34. The number of hydrogen-bond acceptors (Lipinski definition) is 5. The summed E-state index contributed by atoms with van der Waals surface area (Å²) in [6.07, 6.45) is -4.71. The Hall–Kier alpha value is -2.33. The first-order valence-corrected chi connectivity index (χ1v) is 9.65. The zero-order valence-electron chi connectivity index (χ0n) is 14.9. The Labute approximate surface area is 163 Å². The summed E-state index contributed by atoms with van der Waals surface area (Å²) in [5.74, 6) is -0.271. The molecule has 1 aliphatic heterocycles. The molecule has 0 aliphatic carbocycles. The number of aromatic nitrogens is 2. The number of nitrogens with zero attached hydrogens (tertiary/aromatic N) is 3. The van der Waals surface area contributed by atoms with Gasteiger partial charge in [-0.25, -0.2) is 4.98 Å². The molecule has 10 heteroatoms. The number of carbonyl (C=O) groups is 1. The first kappa shape index (κ1) is 20.4. The van der Waals surface area contributed by atoms with Crippen molar-refractivity contribution < 1.29 is 18.0 Å². The quantitative estimate of drug-likeness (QED) is 0.603. The van der Waals surface area contributed by atoms with Gasteiger partial charge in [-0.2, -0.15) is 13.2 Å². The maximum atomic E-state index is 12.7. The summed E-state index contributed by atoms with van der Waals surface area (Å²) >= 11 is 0.799. The number of alkyl halides is 3. The molecule has 1 saturated heterocycles. The third-order valence-corrected chi connectivity index (χ3v) is 5.17. The van der Waals surface area contributed by atoms with E-state index in [-0.39, 0.29) is 16.8 Å². The van der Waals surface area contributed by atoms with Crippen LogP contribution in [-0.4, -0.2) is 57.6 Å². The number of rotatable bonds is 5. The summed E-state index contributed by atoms with van der Waals surface area (Å²) in [4.78, 5) is 33.3. The molecule has 0 atom stereocenters. The summed E-state index contributed by atoms with van der Waals surface area (Å²) in [6, 6.07) is 10.4. The third-order valence-electron chi connectivity index (χ3n) is 4.32. The maximum Gasteiger partial charge on any atom is 0.433 e. The lowest BCUT2D eigenvalue weighted by atomic mass is 10.2. The molecule has 1 fully saturated rings. The van der Waals surface area contributed by atoms with Gasteiger partial charge in [0.25, 0.3) is 5.56 Å². The van der Waals surface area contributed by atoms with E-state index in [1.54, 1.807) is 4.90 Å². The van der Waals surface area contributed by atoms with E-state index in [1.807, 2.05) is 18.2 Å². The Kier molecular flexibility index (Phi) is 6.40. The number of carbonyl (C=O) groups excluding carboxylic acids is 1. The van der Waals surface area contributed by atoms with Crippen molar-refractivity contribution in [2.75, 3.05) is 31.9 Å². The molecule has 1 amide bonds. The van der Waals surface area contributed by atoms with Crippen molar-refractivity contribution in [3.8, 4) is 0 Å². The fourth-order valence-electron chi connectivity index (χ4n) is 2.87. The highest BCUT2D eigenvalue weighted by molar-refractivity contribution is 7.99. The van der Waals surface area contributed by atoms with E-state index >= 15 is 0 Å². The summed E-state index contributed by atoms with van der Waals surface area (Å²) < 4.78 is 38.2. The van der Waals surface area contributed by atoms with Crippen LogP contribution in [0.25, 0.3) is 0 Å². The van der Waals surface area contributed by atoms with Crippen molar-refractivity contribution in [3.63, 3.8) is 0 Å². The minimum Gasteiger partial charge on any atom is -0.339 e. The molecule has 1 aromatic heterocycles. The van der Waals surface area contributed by atoms with E-state index in [2.05, 4.69) is 27.0 Å². The van der Waals surface area contributed by atoms with Gasteiger partial charge in [0, 0.05) is 38.8 Å². The number of benzene rings is 1. The number of piperazine rings is 1. The summed E-state index contributed by atoms with van der Waals surface area (Å²) in [7, 11) is 0. The average Bonchev–Trinajstić information content (AvgIpc) is 2.66. The molecule has 1 aromatic carbocycles. The van der Waals surface area contributed by atoms with Gasteiger partial charge < -0.3 is 9.88 Å². The number of amides is 1. The fraction of sp³-hybridized carbons (Fsp3) is 0.389. The van der Waals surface area contributed by atoms with Crippen molar-refractivity contribution in [2.45, 2.75) is 17.9 Å². The van der Waals surface area contributed by atoms with E-state index in [4.69, 9.17) is 0 Å². The third kappa shape index (κ3) is 5.59. The molecular formula is C18H19F3N4O2S. The minimum absolute atomic E-state index is 0.0804. The standard InChI is InChI=1S/C18H19F3N4O2S/c19-18(20,21)14-10-15(26)23-17(22-14)28-12-16(27)25-8-6-24(7-9-25)11-13-4-2-1-3-5-13/h1-5,10H,6-9,11-12H2,(H,22,23,26). The molecule has 0 saturated carbocycles. The van der Waals surface area contributed by atoms with Crippen LogP contribution in [0.2, 0.25) is 0 Å². The van der Waals surface area contributed by atoms with Gasteiger partial charge in [0.1, 0.15) is 0 Å². The largest absolute Gasteiger partial charge is 0.433 e. The van der Waals surface area contributed by atoms with Gasteiger partial charge >= 0.3 is 6.18 Å². The van der Waals surface area contributed by atoms with Crippen LogP contribution in [0, 0.1) is 0 Å². The second-order valence-corrected chi connectivity index (χ2v) is 7.33. The van der Waals surface area contributed by atoms with Gasteiger partial charge in [0.05, 0.1) is 5.75 Å². The molecule has 150 valence electrons. The maximum absolute atomic E-state index is 12.7. The van der Waals surface area contributed by atoms with E-state index in [1.165, 1.54) is 5.56 Å². The first-order valence-electron chi connectivity index (χ1n) is 8.67. The molecule has 0 spiro atoms. The Morgan fingerprint density at radius 2 is 1.82 bits per heavy atom. The molecule has 1 N–H and O–H groups in total. The Morgan fingerprint density at radius 3 is 2.46 bits per heavy atom. The van der Waals surface area contributed by atoms with Crippen LogP contribution in [0.1, 0.15) is 11.3 Å². The van der Waals surface area contributed by atoms with Crippen molar-refractivity contribution in [1.82, 2.24) is 19.8 Å². The molecule has 2 aromatic rings. The van der Waals surface area contributed by atoms with Gasteiger partial charge in [-0.15, -0.1) is 0 Å². The zero-order chi connectivity index (χ0) is 20.1. The number of H-pyrrole nitrogens is 1. The molecule has 0 radical (unpaired) electrons. The van der Waals surface area contributed by atoms with E-state index in [0.29, 0.717) is 19.2 Å². The lowest BCUT2D eigenvalue weighted by Crippen LogP contribution is -2.48. The first-order chi connectivity index (χ1) is 13.3. The average molecular weight is 412 g/mol. The topological polar surface area (TPSA) is 69.3 Å². The van der Waals surface area contributed by atoms with Crippen molar-refractivity contribution in [1.29, 1.82) is 0 Å². The monoisotopic (exact) mass is 412 g/mol. The zero-order valence-corrected chi connectivity index (χ0v) is 15.7. The van der Waals surface area contributed by atoms with E-state index < -0.39 is 17.4 Å². The van der Waals surface area contributed by atoms with Gasteiger partial charge in [-0.3, -0.25) is 14.5 Å². The Morgan fingerprint density at radius 1 is 1.14 bits per heavy atom. The Bertz CT molecular complexity index is 865. The summed E-state index contributed by atoms with van der Waals surface area (Å²) in [5.41, 5.74) is -0.954. The van der Waals surface area contributed by atoms with E-state index in [9.17, 15) is 22.8 Å². The fourth-order valence-corrected chi connectivity index (χ4v) is 3.65. The highest BCUT2D eigenvalue weighted by Gasteiger charge is 2.33. The molecule has 3 rings (SSSR count). The van der Waals surface area contributed by atoms with Gasteiger partial charge in [0.2, 0.25) is 5.91 Å². The van der Waals surface area contributed by atoms with Crippen molar-refractivity contribution >= 4 is 17.7 Å². The smallest absolute Gasteiger partial charge is 0.339 e. The normalized spacial score (nSPS) is 15.6. The number of aromatic amines is 1. The second-order valence-electron chi connectivity index (χ2n) is 6.36. The molecule has 0 bridgehead atoms. The minimum atomic E-state index is -4.71. The number of nitrogens with one attached hydrogen (secondary N) is 1. The Balaban J connectivity index is 1.50. The highest BCUT2D eigenvalue weighted by atomic mass is 32.2. The lowest BCUT2D eigenvalue weighted by molar-refractivity contribution is -0.141. The van der Waals surface area contributed by atoms with Crippen LogP contribution in [-0.2, 0) is 17.5 Å². The molecule has 28 heavy (non-hydrogen) atoms. The molecule has 2 heterocycles. The van der Waals surface area contributed by atoms with Crippen LogP contribution in [0.4, 0.5) is 13.2 Å². The van der Waals surface area contributed by atoms with Gasteiger partial charge in [0.15, 0.2) is 10.9 Å². The summed E-state index contributed by atoms with van der Waals surface area (Å²) in [5, 5.41) is -0.212. The molecule has 1 aliphatic rings. The second kappa shape index (κ2) is 8.78. The predicted octanol–water partition coefficient (Wildman–Crippen LogP) is 2.23. The van der Waals surface area contributed by atoms with Crippen LogP contribution >= 0.6 is 11.8 Å². The number of halogens is 3. The number of thioether (sulfide) groups is 1. The van der Waals surface area contributed by atoms with Crippen LogP contribution in [0.3, 0.4) is 0 Å². The van der Waals surface area contributed by atoms with Crippen LogP contribution in [0.5, 0.6) is 0 Å². The van der Waals surface area contributed by atoms with Gasteiger partial charge in [-0.05, 0) is 5.56 Å². The SMILES string of the molecule is O=C(CSc1nc(C(F)(F)F)cc(=O)[nH]1)N1CCN(Cc2ccccc2)CC1. The highest BCUT2D eigenvalue weighted by Crippen LogP contribution is 2.27. The molecule has 0 unspecified atom stereocenters. The van der Waals surface area contributed by atoms with Crippen LogP contribution in [0.15, 0.2) is 46.3 Å². The number of hydrogen-bond donors (Lipinski definition) is 1. The van der Waals surface area contributed by atoms with Crippen LogP contribution < -0.4 is 5.56 Å². The van der Waals surface area contributed by atoms with Crippen molar-refractivity contribution in [3.05, 3.63) is 58.0 Å². The van der Waals surface area contributed by atoms with Crippen molar-refractivity contribution in [2.24, 2.45) is 0 Å². The van der Waals surface area contributed by atoms with Gasteiger partial charge in [-0.1, -0.05) is 42.1 Å². The summed E-state index contributed by atoms with van der Waals surface area (Å²) in [6.45, 7) is 3.37. The molecular weight excluding hydrogens is 393 g/mol.